The third kappa shape index (κ3) is 6.23. The molecule has 0 aliphatic carbocycles. The highest BCUT2D eigenvalue weighted by Crippen LogP contribution is 2.26. The maximum absolute atomic E-state index is 13.7. The van der Waals surface area contributed by atoms with Gasteiger partial charge in [0, 0.05) is 29.9 Å². The van der Waals surface area contributed by atoms with Gasteiger partial charge in [0.2, 0.25) is 5.91 Å². The molecular formula is C30H29ClN2O3. The van der Waals surface area contributed by atoms with Crippen LogP contribution in [0.3, 0.4) is 0 Å². The minimum Gasteiger partial charge on any atom is -0.483 e. The van der Waals surface area contributed by atoms with Gasteiger partial charge in [0.05, 0.1) is 0 Å². The number of likely N-dealkylation sites (N-methyl/N-ethyl adjacent to an activating group) is 1. The van der Waals surface area contributed by atoms with Gasteiger partial charge in [-0.1, -0.05) is 96.5 Å². The van der Waals surface area contributed by atoms with Crippen molar-refractivity contribution < 1.29 is 14.3 Å². The molecule has 4 aromatic rings. The summed E-state index contributed by atoms with van der Waals surface area (Å²) in [5, 5.41) is 5.39. The van der Waals surface area contributed by atoms with Crippen LogP contribution in [-0.4, -0.2) is 35.9 Å². The van der Waals surface area contributed by atoms with E-state index in [0.29, 0.717) is 23.7 Å². The number of hydrogen-bond donors (Lipinski definition) is 1. The van der Waals surface area contributed by atoms with E-state index in [4.69, 9.17) is 16.3 Å². The fourth-order valence-electron chi connectivity index (χ4n) is 4.20. The Hall–Kier alpha value is -3.83. The van der Waals surface area contributed by atoms with Gasteiger partial charge in [-0.25, -0.2) is 0 Å². The van der Waals surface area contributed by atoms with Crippen LogP contribution >= 0.6 is 11.6 Å². The molecular weight excluding hydrogens is 472 g/mol. The number of carbonyl (C=O) groups excluding carboxylic acids is 2. The number of hydrogen-bond acceptors (Lipinski definition) is 3. The van der Waals surface area contributed by atoms with Crippen LogP contribution < -0.4 is 10.1 Å². The highest BCUT2D eigenvalue weighted by atomic mass is 35.5. The van der Waals surface area contributed by atoms with Crippen LogP contribution in [0.5, 0.6) is 5.75 Å². The summed E-state index contributed by atoms with van der Waals surface area (Å²) in [5.74, 6) is 0.110. The molecule has 1 unspecified atom stereocenters. The molecule has 4 rings (SSSR count). The van der Waals surface area contributed by atoms with E-state index in [2.05, 4.69) is 5.32 Å². The van der Waals surface area contributed by atoms with Crippen LogP contribution in [0.1, 0.15) is 18.1 Å². The second kappa shape index (κ2) is 12.2. The first-order chi connectivity index (χ1) is 17.6. The number of nitrogens with one attached hydrogen (secondary N) is 1. The van der Waals surface area contributed by atoms with Gasteiger partial charge in [0.25, 0.3) is 5.91 Å². The predicted octanol–water partition coefficient (Wildman–Crippen LogP) is 5.65. The van der Waals surface area contributed by atoms with Gasteiger partial charge in [0.15, 0.2) is 6.61 Å². The monoisotopic (exact) mass is 500 g/mol. The largest absolute Gasteiger partial charge is 0.483 e. The molecule has 2 amide bonds. The minimum absolute atomic E-state index is 0.187. The fraction of sp³-hybridized carbons (Fsp3) is 0.200. The zero-order valence-electron chi connectivity index (χ0n) is 20.2. The highest BCUT2D eigenvalue weighted by molar-refractivity contribution is 6.31. The van der Waals surface area contributed by atoms with Crippen molar-refractivity contribution in [2.45, 2.75) is 25.9 Å². The lowest BCUT2D eigenvalue weighted by Gasteiger charge is -2.31. The molecule has 1 N–H and O–H groups in total. The molecule has 0 aliphatic rings. The first-order valence-corrected chi connectivity index (χ1v) is 12.4. The van der Waals surface area contributed by atoms with Crippen molar-refractivity contribution in [1.82, 2.24) is 10.2 Å². The Morgan fingerprint density at radius 1 is 0.889 bits per heavy atom. The summed E-state index contributed by atoms with van der Waals surface area (Å²) in [7, 11) is 0. The molecule has 0 aliphatic heterocycles. The molecule has 0 bridgehead atoms. The molecule has 0 aromatic heterocycles. The van der Waals surface area contributed by atoms with Crippen LogP contribution in [0.25, 0.3) is 10.8 Å². The van der Waals surface area contributed by atoms with E-state index in [0.717, 1.165) is 21.9 Å². The second-order valence-electron chi connectivity index (χ2n) is 8.48. The lowest BCUT2D eigenvalue weighted by Crippen LogP contribution is -2.51. The number of benzene rings is 4. The number of halogens is 1. The molecule has 0 spiro atoms. The van der Waals surface area contributed by atoms with Crippen molar-refractivity contribution in [3.05, 3.63) is 113 Å². The number of fused-ring (bicyclic) bond motifs is 1. The van der Waals surface area contributed by atoms with E-state index >= 15 is 0 Å². The Kier molecular flexibility index (Phi) is 8.58. The number of rotatable bonds is 10. The average molecular weight is 501 g/mol. The standard InChI is InChI=1S/C30H29ClN2O3/c1-2-32-30(35)27(19-22-11-4-3-5-12-22)33(20-24-14-7-9-17-26(24)31)29(34)21-36-28-18-10-15-23-13-6-8-16-25(23)28/h3-18,27H,2,19-21H2,1H3,(H,32,35). The summed E-state index contributed by atoms with van der Waals surface area (Å²) in [5.41, 5.74) is 1.72. The van der Waals surface area contributed by atoms with Gasteiger partial charge >= 0.3 is 0 Å². The van der Waals surface area contributed by atoms with Crippen molar-refractivity contribution in [3.63, 3.8) is 0 Å². The average Bonchev–Trinajstić information content (AvgIpc) is 2.91. The highest BCUT2D eigenvalue weighted by Gasteiger charge is 2.31. The molecule has 4 aromatic carbocycles. The quantitative estimate of drug-likeness (QED) is 0.306. The molecule has 0 saturated heterocycles. The third-order valence-corrected chi connectivity index (χ3v) is 6.39. The molecule has 0 radical (unpaired) electrons. The van der Waals surface area contributed by atoms with Gasteiger partial charge in [-0.05, 0) is 35.6 Å². The molecule has 5 nitrogen and oxygen atoms in total. The van der Waals surface area contributed by atoms with E-state index in [9.17, 15) is 9.59 Å². The lowest BCUT2D eigenvalue weighted by atomic mass is 10.0. The Morgan fingerprint density at radius 2 is 1.58 bits per heavy atom. The molecule has 1 atom stereocenters. The summed E-state index contributed by atoms with van der Waals surface area (Å²) in [4.78, 5) is 28.5. The smallest absolute Gasteiger partial charge is 0.261 e. The molecule has 36 heavy (non-hydrogen) atoms. The summed E-state index contributed by atoms with van der Waals surface area (Å²) < 4.78 is 6.01. The first kappa shape index (κ1) is 25.3. The van der Waals surface area contributed by atoms with Crippen LogP contribution in [0.2, 0.25) is 5.02 Å². The van der Waals surface area contributed by atoms with Crippen molar-refractivity contribution in [2.75, 3.05) is 13.2 Å². The predicted molar refractivity (Wildman–Crippen MR) is 144 cm³/mol. The first-order valence-electron chi connectivity index (χ1n) is 12.0. The number of amides is 2. The Labute approximate surface area is 216 Å². The Bertz CT molecular complexity index is 1320. The van der Waals surface area contributed by atoms with E-state index < -0.39 is 6.04 Å². The van der Waals surface area contributed by atoms with Gasteiger partial charge in [-0.2, -0.15) is 0 Å². The van der Waals surface area contributed by atoms with Gasteiger partial charge in [-0.3, -0.25) is 9.59 Å². The van der Waals surface area contributed by atoms with Gasteiger partial charge < -0.3 is 15.0 Å². The normalized spacial score (nSPS) is 11.6. The Balaban J connectivity index is 1.64. The van der Waals surface area contributed by atoms with Crippen LogP contribution in [0.4, 0.5) is 0 Å². The molecule has 0 saturated carbocycles. The number of nitrogens with zero attached hydrogens (tertiary/aromatic N) is 1. The van der Waals surface area contributed by atoms with Gasteiger partial charge in [-0.15, -0.1) is 0 Å². The fourth-order valence-corrected chi connectivity index (χ4v) is 4.40. The maximum Gasteiger partial charge on any atom is 0.261 e. The van der Waals surface area contributed by atoms with Gasteiger partial charge in [0.1, 0.15) is 11.8 Å². The molecule has 0 heterocycles. The maximum atomic E-state index is 13.7. The summed E-state index contributed by atoms with van der Waals surface area (Å²) in [6.45, 7) is 2.31. The SMILES string of the molecule is CCNC(=O)C(Cc1ccccc1)N(Cc1ccccc1Cl)C(=O)COc1cccc2ccccc12. The zero-order valence-corrected chi connectivity index (χ0v) is 20.9. The summed E-state index contributed by atoms with van der Waals surface area (Å²) in [6, 6.07) is 29.9. The molecule has 0 fully saturated rings. The van der Waals surface area contributed by atoms with E-state index in [1.54, 1.807) is 11.0 Å². The summed E-state index contributed by atoms with van der Waals surface area (Å²) >= 11 is 6.45. The molecule has 184 valence electrons. The van der Waals surface area contributed by atoms with Crippen molar-refractivity contribution in [1.29, 1.82) is 0 Å². The second-order valence-corrected chi connectivity index (χ2v) is 8.89. The lowest BCUT2D eigenvalue weighted by molar-refractivity contribution is -0.142. The van der Waals surface area contributed by atoms with Crippen LogP contribution in [0, 0.1) is 0 Å². The summed E-state index contributed by atoms with van der Waals surface area (Å²) in [6.07, 6.45) is 0.372. The number of carbonyl (C=O) groups is 2. The van der Waals surface area contributed by atoms with Crippen molar-refractivity contribution in [3.8, 4) is 5.75 Å². The topological polar surface area (TPSA) is 58.6 Å². The van der Waals surface area contributed by atoms with Crippen molar-refractivity contribution in [2.24, 2.45) is 0 Å². The zero-order chi connectivity index (χ0) is 25.3. The van der Waals surface area contributed by atoms with E-state index in [-0.39, 0.29) is 25.0 Å². The van der Waals surface area contributed by atoms with E-state index in [1.807, 2.05) is 97.9 Å². The van der Waals surface area contributed by atoms with Crippen molar-refractivity contribution >= 4 is 34.2 Å². The Morgan fingerprint density at radius 3 is 2.36 bits per heavy atom. The van der Waals surface area contributed by atoms with Crippen LogP contribution in [0.15, 0.2) is 97.1 Å². The number of ether oxygens (including phenoxy) is 1. The van der Waals surface area contributed by atoms with Crippen LogP contribution in [-0.2, 0) is 22.6 Å². The minimum atomic E-state index is -0.729. The molecule has 6 heteroatoms. The van der Waals surface area contributed by atoms with E-state index in [1.165, 1.54) is 0 Å². The third-order valence-electron chi connectivity index (χ3n) is 6.02.